The van der Waals surface area contributed by atoms with Crippen molar-refractivity contribution < 1.29 is 14.6 Å². The van der Waals surface area contributed by atoms with Crippen LogP contribution in [0.25, 0.3) is 0 Å². The molecule has 0 aliphatic carbocycles. The molecule has 1 atom stereocenters. The molecule has 0 aromatic rings. The quantitative estimate of drug-likeness (QED) is 0.851. The molecule has 2 rings (SSSR count). The average Bonchev–Trinajstić information content (AvgIpc) is 2.40. The van der Waals surface area contributed by atoms with Crippen LogP contribution in [0.3, 0.4) is 0 Å². The number of hydrogen-bond donors (Lipinski definition) is 1. The molecule has 2 fully saturated rings. The molecule has 128 valence electrons. The molecule has 0 bridgehead atoms. The van der Waals surface area contributed by atoms with E-state index < -0.39 is 11.2 Å². The van der Waals surface area contributed by atoms with Crippen LogP contribution in [0, 0.1) is 0 Å². The van der Waals surface area contributed by atoms with Gasteiger partial charge in [0.1, 0.15) is 5.60 Å². The first-order chi connectivity index (χ1) is 10.2. The van der Waals surface area contributed by atoms with E-state index in [-0.39, 0.29) is 6.09 Å². The van der Waals surface area contributed by atoms with E-state index in [1.54, 1.807) is 4.90 Å². The van der Waals surface area contributed by atoms with Crippen LogP contribution < -0.4 is 0 Å². The summed E-state index contributed by atoms with van der Waals surface area (Å²) in [5.74, 6) is 0. The number of nitrogens with zero attached hydrogens (tertiary/aromatic N) is 2. The lowest BCUT2D eigenvalue weighted by Gasteiger charge is -2.43. The van der Waals surface area contributed by atoms with Crippen LogP contribution in [0.1, 0.15) is 59.8 Å². The molecular weight excluding hydrogens is 280 g/mol. The van der Waals surface area contributed by atoms with Gasteiger partial charge in [-0.15, -0.1) is 0 Å². The number of β-amino-alcohol motifs (C(OH)–C–C–N with tert-alkyl or cyclic N) is 1. The molecule has 0 aromatic carbocycles. The number of amides is 1. The Morgan fingerprint density at radius 3 is 2.41 bits per heavy atom. The van der Waals surface area contributed by atoms with Crippen molar-refractivity contribution >= 4 is 6.09 Å². The van der Waals surface area contributed by atoms with Crippen molar-refractivity contribution in [1.82, 2.24) is 9.80 Å². The Morgan fingerprint density at radius 2 is 1.86 bits per heavy atom. The molecule has 0 saturated carbocycles. The van der Waals surface area contributed by atoms with Gasteiger partial charge in [0.15, 0.2) is 0 Å². The highest BCUT2D eigenvalue weighted by Crippen LogP contribution is 2.27. The Bertz CT molecular complexity index is 384. The Balaban J connectivity index is 1.83. The molecule has 1 amide bonds. The summed E-state index contributed by atoms with van der Waals surface area (Å²) >= 11 is 0. The van der Waals surface area contributed by atoms with Gasteiger partial charge in [-0.2, -0.15) is 0 Å². The molecule has 5 nitrogen and oxygen atoms in total. The van der Waals surface area contributed by atoms with Crippen LogP contribution in [-0.4, -0.2) is 64.4 Å². The fourth-order valence-electron chi connectivity index (χ4n) is 3.36. The number of rotatable bonds is 2. The highest BCUT2D eigenvalue weighted by atomic mass is 16.6. The van der Waals surface area contributed by atoms with Gasteiger partial charge in [0.2, 0.25) is 0 Å². The Kier molecular flexibility index (Phi) is 5.38. The third-order valence-electron chi connectivity index (χ3n) is 4.78. The van der Waals surface area contributed by atoms with Crippen LogP contribution in [-0.2, 0) is 4.74 Å². The van der Waals surface area contributed by atoms with Crippen molar-refractivity contribution in [3.63, 3.8) is 0 Å². The van der Waals surface area contributed by atoms with Gasteiger partial charge in [0.05, 0.1) is 5.60 Å². The lowest BCUT2D eigenvalue weighted by atomic mass is 9.89. The molecule has 5 heteroatoms. The predicted molar refractivity (Wildman–Crippen MR) is 86.9 cm³/mol. The van der Waals surface area contributed by atoms with Gasteiger partial charge in [-0.1, -0.05) is 6.42 Å². The van der Waals surface area contributed by atoms with Crippen LogP contribution in [0.4, 0.5) is 4.79 Å². The minimum Gasteiger partial charge on any atom is -0.444 e. The first-order valence-corrected chi connectivity index (χ1v) is 8.63. The Labute approximate surface area is 134 Å². The van der Waals surface area contributed by atoms with Crippen LogP contribution in [0.5, 0.6) is 0 Å². The van der Waals surface area contributed by atoms with Crippen molar-refractivity contribution in [2.45, 2.75) is 77.0 Å². The molecule has 1 N–H and O–H groups in total. The maximum absolute atomic E-state index is 12.1. The van der Waals surface area contributed by atoms with Crippen molar-refractivity contribution in [2.75, 3.05) is 26.2 Å². The summed E-state index contributed by atoms with van der Waals surface area (Å²) in [4.78, 5) is 16.2. The van der Waals surface area contributed by atoms with Gasteiger partial charge < -0.3 is 14.7 Å². The number of hydrogen-bond acceptors (Lipinski definition) is 4. The van der Waals surface area contributed by atoms with Crippen molar-refractivity contribution in [2.24, 2.45) is 0 Å². The van der Waals surface area contributed by atoms with Crippen molar-refractivity contribution in [1.29, 1.82) is 0 Å². The number of ether oxygens (including phenoxy) is 1. The van der Waals surface area contributed by atoms with E-state index in [0.29, 0.717) is 32.0 Å². The second-order valence-electron chi connectivity index (χ2n) is 8.01. The summed E-state index contributed by atoms with van der Waals surface area (Å²) in [7, 11) is 0. The molecule has 0 aromatic heterocycles. The number of likely N-dealkylation sites (tertiary alicyclic amines) is 2. The molecule has 0 radical (unpaired) electrons. The van der Waals surface area contributed by atoms with Gasteiger partial charge in [-0.25, -0.2) is 4.79 Å². The van der Waals surface area contributed by atoms with E-state index >= 15 is 0 Å². The monoisotopic (exact) mass is 312 g/mol. The van der Waals surface area contributed by atoms with E-state index in [1.165, 1.54) is 19.3 Å². The fourth-order valence-corrected chi connectivity index (χ4v) is 3.36. The average molecular weight is 312 g/mol. The number of carbonyl (C=O) groups is 1. The van der Waals surface area contributed by atoms with E-state index in [0.717, 1.165) is 13.1 Å². The third kappa shape index (κ3) is 4.85. The zero-order valence-corrected chi connectivity index (χ0v) is 14.6. The number of carbonyl (C=O) groups excluding carboxylic acids is 1. The SMILES string of the molecule is CC1CCCCN1CC1(O)CCN(C(=O)OC(C)(C)C)CC1. The van der Waals surface area contributed by atoms with Crippen LogP contribution in [0.2, 0.25) is 0 Å². The number of aliphatic hydroxyl groups is 1. The van der Waals surface area contributed by atoms with Crippen molar-refractivity contribution in [3.05, 3.63) is 0 Å². The van der Waals surface area contributed by atoms with Gasteiger partial charge in [0.25, 0.3) is 0 Å². The van der Waals surface area contributed by atoms with Gasteiger partial charge >= 0.3 is 6.09 Å². The first-order valence-electron chi connectivity index (χ1n) is 8.63. The Morgan fingerprint density at radius 1 is 1.23 bits per heavy atom. The first kappa shape index (κ1) is 17.5. The minimum atomic E-state index is -0.663. The zero-order chi connectivity index (χ0) is 16.4. The second kappa shape index (κ2) is 6.75. The summed E-state index contributed by atoms with van der Waals surface area (Å²) < 4.78 is 5.41. The van der Waals surface area contributed by atoms with Gasteiger partial charge in [0, 0.05) is 25.7 Å². The topological polar surface area (TPSA) is 53.0 Å². The molecule has 2 aliphatic heterocycles. The highest BCUT2D eigenvalue weighted by Gasteiger charge is 2.37. The lowest BCUT2D eigenvalue weighted by molar-refractivity contribution is -0.0593. The smallest absolute Gasteiger partial charge is 0.410 e. The Hall–Kier alpha value is -0.810. The maximum atomic E-state index is 12.1. The normalized spacial score (nSPS) is 26.8. The van der Waals surface area contributed by atoms with Gasteiger partial charge in [-0.3, -0.25) is 4.90 Å². The molecular formula is C17H32N2O3. The van der Waals surface area contributed by atoms with Crippen LogP contribution in [0.15, 0.2) is 0 Å². The predicted octanol–water partition coefficient (Wildman–Crippen LogP) is 2.62. The molecule has 2 saturated heterocycles. The molecule has 22 heavy (non-hydrogen) atoms. The lowest BCUT2D eigenvalue weighted by Crippen LogP contribution is -2.54. The molecule has 2 aliphatic rings. The summed E-state index contributed by atoms with van der Waals surface area (Å²) in [5.41, 5.74) is -1.13. The second-order valence-corrected chi connectivity index (χ2v) is 8.01. The summed E-state index contributed by atoms with van der Waals surface area (Å²) in [6.07, 6.45) is 4.75. The highest BCUT2D eigenvalue weighted by molar-refractivity contribution is 5.68. The summed E-state index contributed by atoms with van der Waals surface area (Å²) in [5, 5.41) is 10.9. The van der Waals surface area contributed by atoms with E-state index in [9.17, 15) is 9.90 Å². The van der Waals surface area contributed by atoms with Gasteiger partial charge in [-0.05, 0) is 59.9 Å². The molecule has 1 unspecified atom stereocenters. The van der Waals surface area contributed by atoms with Crippen LogP contribution >= 0.6 is 0 Å². The fraction of sp³-hybridized carbons (Fsp3) is 0.941. The largest absolute Gasteiger partial charge is 0.444 e. The summed E-state index contributed by atoms with van der Waals surface area (Å²) in [6.45, 7) is 10.9. The molecule has 0 spiro atoms. The molecule has 2 heterocycles. The number of piperidine rings is 2. The van der Waals surface area contributed by atoms with E-state index in [2.05, 4.69) is 11.8 Å². The minimum absolute atomic E-state index is 0.263. The standard InChI is InChI=1S/C17H32N2O3/c1-14-7-5-6-10-19(14)13-17(21)8-11-18(12-9-17)15(20)22-16(2,3)4/h14,21H,5-13H2,1-4H3. The third-order valence-corrected chi connectivity index (χ3v) is 4.78. The zero-order valence-electron chi connectivity index (χ0n) is 14.6. The summed E-state index contributed by atoms with van der Waals surface area (Å²) in [6, 6.07) is 0.557. The van der Waals surface area contributed by atoms with E-state index in [1.807, 2.05) is 20.8 Å². The van der Waals surface area contributed by atoms with Crippen molar-refractivity contribution in [3.8, 4) is 0 Å². The maximum Gasteiger partial charge on any atom is 0.410 e. The van der Waals surface area contributed by atoms with E-state index in [4.69, 9.17) is 4.74 Å².